The summed E-state index contributed by atoms with van der Waals surface area (Å²) in [6, 6.07) is 3.91. The van der Waals surface area contributed by atoms with Gasteiger partial charge in [-0.3, -0.25) is 9.59 Å². The van der Waals surface area contributed by atoms with Crippen LogP contribution in [0.25, 0.3) is 0 Å². The molecule has 2 bridgehead atoms. The average molecular weight is 307 g/mol. The summed E-state index contributed by atoms with van der Waals surface area (Å²) in [5.41, 5.74) is 0. The van der Waals surface area contributed by atoms with Crippen LogP contribution in [0.3, 0.4) is 0 Å². The fraction of sp³-hybridized carbons (Fsp3) is 0.625. The zero-order valence-electron chi connectivity index (χ0n) is 12.0. The molecule has 2 fully saturated rings. The average Bonchev–Trinajstić information content (AvgIpc) is 3.20. The minimum absolute atomic E-state index is 0.162. The molecule has 1 aromatic heterocycles. The predicted molar refractivity (Wildman–Crippen MR) is 80.7 cm³/mol. The normalized spacial score (nSPS) is 26.8. The molecule has 114 valence electrons. The molecule has 1 aromatic rings. The topological polar surface area (TPSA) is 55.4 Å². The maximum Gasteiger partial charge on any atom is 0.306 e. The van der Waals surface area contributed by atoms with Gasteiger partial charge in [0, 0.05) is 11.3 Å². The molecule has 3 rings (SSSR count). The predicted octanol–water partition coefficient (Wildman–Crippen LogP) is 2.73. The molecule has 3 atom stereocenters. The van der Waals surface area contributed by atoms with Crippen molar-refractivity contribution in [3.8, 4) is 0 Å². The summed E-state index contributed by atoms with van der Waals surface area (Å²) in [6.45, 7) is 0.339. The summed E-state index contributed by atoms with van der Waals surface area (Å²) < 4.78 is 5.10. The standard InChI is InChI=1S/C16H21NO3S/c18-15(17-9-14-2-1-5-21-14)10-20-16(19)8-13-7-11-3-4-12(13)6-11/h1-2,5,11-13H,3-4,6-10H2,(H,17,18)/t11-,12-,13-/m1/s1. The van der Waals surface area contributed by atoms with Gasteiger partial charge in [0.2, 0.25) is 0 Å². The Morgan fingerprint density at radius 1 is 1.33 bits per heavy atom. The Kier molecular flexibility index (Phi) is 4.58. The van der Waals surface area contributed by atoms with Gasteiger partial charge in [-0.15, -0.1) is 11.3 Å². The molecule has 2 saturated carbocycles. The van der Waals surface area contributed by atoms with E-state index in [-0.39, 0.29) is 18.5 Å². The van der Waals surface area contributed by atoms with E-state index in [4.69, 9.17) is 4.74 Å². The molecule has 0 saturated heterocycles. The molecule has 4 nitrogen and oxygen atoms in total. The fourth-order valence-electron chi connectivity index (χ4n) is 3.70. The van der Waals surface area contributed by atoms with E-state index in [2.05, 4.69) is 5.32 Å². The molecule has 2 aliphatic carbocycles. The van der Waals surface area contributed by atoms with Gasteiger partial charge >= 0.3 is 5.97 Å². The SMILES string of the molecule is O=C(COC(=O)C[C@H]1C[C@@H]2CC[C@@H]1C2)NCc1cccs1. The minimum atomic E-state index is -0.232. The maximum atomic E-state index is 11.8. The quantitative estimate of drug-likeness (QED) is 0.822. The van der Waals surface area contributed by atoms with E-state index in [9.17, 15) is 9.59 Å². The molecule has 1 heterocycles. The highest BCUT2D eigenvalue weighted by Gasteiger charge is 2.40. The first-order chi connectivity index (χ1) is 10.2. The molecule has 0 spiro atoms. The van der Waals surface area contributed by atoms with Crippen LogP contribution in [-0.4, -0.2) is 18.5 Å². The smallest absolute Gasteiger partial charge is 0.306 e. The summed E-state index contributed by atoms with van der Waals surface area (Å²) in [4.78, 5) is 24.5. The Morgan fingerprint density at radius 2 is 2.24 bits per heavy atom. The molecule has 0 aromatic carbocycles. The van der Waals surface area contributed by atoms with Crippen LogP contribution in [0.4, 0.5) is 0 Å². The van der Waals surface area contributed by atoms with Crippen LogP contribution in [0.15, 0.2) is 17.5 Å². The van der Waals surface area contributed by atoms with Crippen LogP contribution in [0.2, 0.25) is 0 Å². The van der Waals surface area contributed by atoms with E-state index in [0.717, 1.165) is 16.7 Å². The molecule has 2 aliphatic rings. The third kappa shape index (κ3) is 3.84. The monoisotopic (exact) mass is 307 g/mol. The second-order valence-corrected chi connectivity index (χ2v) is 7.19. The van der Waals surface area contributed by atoms with Crippen molar-refractivity contribution in [2.75, 3.05) is 6.61 Å². The van der Waals surface area contributed by atoms with Crippen LogP contribution < -0.4 is 5.32 Å². The number of carbonyl (C=O) groups is 2. The van der Waals surface area contributed by atoms with Gasteiger partial charge in [-0.05, 0) is 48.5 Å². The number of thiophene rings is 1. The number of hydrogen-bond donors (Lipinski definition) is 1. The lowest BCUT2D eigenvalue weighted by atomic mass is 9.86. The largest absolute Gasteiger partial charge is 0.456 e. The highest BCUT2D eigenvalue weighted by atomic mass is 32.1. The number of nitrogens with one attached hydrogen (secondary N) is 1. The molecule has 0 unspecified atom stereocenters. The van der Waals surface area contributed by atoms with Gasteiger partial charge in [-0.2, -0.15) is 0 Å². The van der Waals surface area contributed by atoms with E-state index in [1.54, 1.807) is 11.3 Å². The number of esters is 1. The number of ether oxygens (including phenoxy) is 1. The second-order valence-electron chi connectivity index (χ2n) is 6.16. The van der Waals surface area contributed by atoms with Crippen LogP contribution in [0.1, 0.15) is 37.0 Å². The minimum Gasteiger partial charge on any atom is -0.456 e. The number of carbonyl (C=O) groups excluding carboxylic acids is 2. The first-order valence-corrected chi connectivity index (χ1v) is 8.53. The van der Waals surface area contributed by atoms with Crippen LogP contribution >= 0.6 is 11.3 Å². The molecule has 0 radical (unpaired) electrons. The number of fused-ring (bicyclic) bond motifs is 2. The van der Waals surface area contributed by atoms with Crippen molar-refractivity contribution in [3.05, 3.63) is 22.4 Å². The summed E-state index contributed by atoms with van der Waals surface area (Å²) >= 11 is 1.59. The van der Waals surface area contributed by atoms with E-state index in [1.165, 1.54) is 25.7 Å². The first kappa shape index (κ1) is 14.6. The Bertz CT molecular complexity index is 500. The molecular formula is C16H21NO3S. The maximum absolute atomic E-state index is 11.8. The fourth-order valence-corrected chi connectivity index (χ4v) is 4.34. The summed E-state index contributed by atoms with van der Waals surface area (Å²) in [5, 5.41) is 4.72. The van der Waals surface area contributed by atoms with Crippen molar-refractivity contribution in [2.24, 2.45) is 17.8 Å². The lowest BCUT2D eigenvalue weighted by molar-refractivity contribution is -0.149. The van der Waals surface area contributed by atoms with Crippen LogP contribution in [0, 0.1) is 17.8 Å². The zero-order valence-corrected chi connectivity index (χ0v) is 12.9. The summed E-state index contributed by atoms with van der Waals surface area (Å²) in [5.74, 6) is 1.59. The Labute approximate surface area is 128 Å². The van der Waals surface area contributed by atoms with Gasteiger partial charge in [0.1, 0.15) is 0 Å². The first-order valence-electron chi connectivity index (χ1n) is 7.65. The molecule has 1 amide bonds. The van der Waals surface area contributed by atoms with E-state index >= 15 is 0 Å². The zero-order chi connectivity index (χ0) is 14.7. The van der Waals surface area contributed by atoms with Gasteiger partial charge in [-0.25, -0.2) is 0 Å². The third-order valence-corrected chi connectivity index (χ3v) is 5.59. The van der Waals surface area contributed by atoms with E-state index < -0.39 is 0 Å². The lowest BCUT2D eigenvalue weighted by Crippen LogP contribution is -2.28. The van der Waals surface area contributed by atoms with Crippen molar-refractivity contribution < 1.29 is 14.3 Å². The molecule has 21 heavy (non-hydrogen) atoms. The van der Waals surface area contributed by atoms with Crippen molar-refractivity contribution in [2.45, 2.75) is 38.6 Å². The van der Waals surface area contributed by atoms with Gasteiger partial charge < -0.3 is 10.1 Å². The molecule has 0 aliphatic heterocycles. The van der Waals surface area contributed by atoms with E-state index in [1.807, 2.05) is 17.5 Å². The molecular weight excluding hydrogens is 286 g/mol. The molecule has 1 N–H and O–H groups in total. The van der Waals surface area contributed by atoms with Gasteiger partial charge in [0.15, 0.2) is 6.61 Å². The van der Waals surface area contributed by atoms with Crippen LogP contribution in [-0.2, 0) is 20.9 Å². The third-order valence-electron chi connectivity index (χ3n) is 4.72. The van der Waals surface area contributed by atoms with Crippen molar-refractivity contribution in [3.63, 3.8) is 0 Å². The second kappa shape index (κ2) is 6.60. The highest BCUT2D eigenvalue weighted by molar-refractivity contribution is 7.09. The summed E-state index contributed by atoms with van der Waals surface area (Å²) in [7, 11) is 0. The highest BCUT2D eigenvalue weighted by Crippen LogP contribution is 2.49. The number of hydrogen-bond acceptors (Lipinski definition) is 4. The van der Waals surface area contributed by atoms with Gasteiger partial charge in [0.25, 0.3) is 5.91 Å². The molecule has 5 heteroatoms. The van der Waals surface area contributed by atoms with Crippen LogP contribution in [0.5, 0.6) is 0 Å². The van der Waals surface area contributed by atoms with E-state index in [0.29, 0.717) is 18.9 Å². The lowest BCUT2D eigenvalue weighted by Gasteiger charge is -2.20. The number of amides is 1. The van der Waals surface area contributed by atoms with Crippen molar-refractivity contribution >= 4 is 23.2 Å². The van der Waals surface area contributed by atoms with Gasteiger partial charge in [-0.1, -0.05) is 12.5 Å². The summed E-state index contributed by atoms with van der Waals surface area (Å²) in [6.07, 6.45) is 5.55. The van der Waals surface area contributed by atoms with Gasteiger partial charge in [0.05, 0.1) is 6.54 Å². The Balaban J connectivity index is 1.33. The Hall–Kier alpha value is -1.36. The van der Waals surface area contributed by atoms with Crippen molar-refractivity contribution in [1.82, 2.24) is 5.32 Å². The Morgan fingerprint density at radius 3 is 2.90 bits per heavy atom. The number of rotatable bonds is 6. The van der Waals surface area contributed by atoms with Crippen molar-refractivity contribution in [1.29, 1.82) is 0 Å².